The van der Waals surface area contributed by atoms with Crippen molar-refractivity contribution in [3.8, 4) is 11.1 Å². The lowest BCUT2D eigenvalue weighted by molar-refractivity contribution is 0.506. The number of benzene rings is 2. The summed E-state index contributed by atoms with van der Waals surface area (Å²) in [7, 11) is -0.381. The standard InChI is InChI=1S/C25H28N4O2S/c1-28(2)32(30,31)27-16-12-23-19-29(17-13-20-6-4-3-5-7-20)25-18-22(8-9-24(23)25)21-10-14-26-15-11-21/h3-11,14-15,18-19,27H,12-13,16-17H2,1-2H3. The van der Waals surface area contributed by atoms with Gasteiger partial charge in [0, 0.05) is 56.7 Å². The summed E-state index contributed by atoms with van der Waals surface area (Å²) in [6.07, 6.45) is 7.31. The lowest BCUT2D eigenvalue weighted by Crippen LogP contribution is -2.36. The van der Waals surface area contributed by atoms with Gasteiger partial charge < -0.3 is 4.57 Å². The van der Waals surface area contributed by atoms with Gasteiger partial charge in [0.05, 0.1) is 0 Å². The average molecular weight is 449 g/mol. The van der Waals surface area contributed by atoms with E-state index in [4.69, 9.17) is 0 Å². The predicted molar refractivity (Wildman–Crippen MR) is 130 cm³/mol. The van der Waals surface area contributed by atoms with Crippen molar-refractivity contribution in [3.05, 3.63) is 90.4 Å². The van der Waals surface area contributed by atoms with E-state index in [9.17, 15) is 8.42 Å². The number of nitrogens with zero attached hydrogens (tertiary/aromatic N) is 3. The number of pyridine rings is 1. The minimum atomic E-state index is -3.43. The van der Waals surface area contributed by atoms with Crippen LogP contribution in [0.2, 0.25) is 0 Å². The van der Waals surface area contributed by atoms with Gasteiger partial charge in [0.15, 0.2) is 0 Å². The van der Waals surface area contributed by atoms with Crippen LogP contribution in [0.25, 0.3) is 22.0 Å². The summed E-state index contributed by atoms with van der Waals surface area (Å²) in [5, 5.41) is 1.15. The van der Waals surface area contributed by atoms with Crippen LogP contribution in [-0.4, -0.2) is 42.9 Å². The Kier molecular flexibility index (Phi) is 6.69. The topological polar surface area (TPSA) is 67.2 Å². The number of hydrogen-bond donors (Lipinski definition) is 1. The van der Waals surface area contributed by atoms with Crippen LogP contribution < -0.4 is 4.72 Å². The SMILES string of the molecule is CN(C)S(=O)(=O)NCCc1cn(CCc2ccccc2)c2cc(-c3ccncc3)ccc12. The van der Waals surface area contributed by atoms with Gasteiger partial charge in [0.25, 0.3) is 10.2 Å². The summed E-state index contributed by atoms with van der Waals surface area (Å²) in [5.41, 5.74) is 5.84. The lowest BCUT2D eigenvalue weighted by atomic mass is 10.0. The van der Waals surface area contributed by atoms with Crippen LogP contribution in [0.5, 0.6) is 0 Å². The number of aryl methyl sites for hydroxylation is 2. The normalized spacial score (nSPS) is 12.0. The monoisotopic (exact) mass is 448 g/mol. The third-order valence-electron chi connectivity index (χ3n) is 5.62. The Morgan fingerprint density at radius 2 is 1.69 bits per heavy atom. The highest BCUT2D eigenvalue weighted by Gasteiger charge is 2.14. The number of rotatable bonds is 9. The molecule has 0 unspecified atom stereocenters. The fourth-order valence-electron chi connectivity index (χ4n) is 3.81. The molecule has 0 aliphatic carbocycles. The molecule has 0 spiro atoms. The quantitative estimate of drug-likeness (QED) is 0.423. The Morgan fingerprint density at radius 1 is 0.938 bits per heavy atom. The second-order valence-electron chi connectivity index (χ2n) is 7.98. The van der Waals surface area contributed by atoms with Crippen molar-refractivity contribution >= 4 is 21.1 Å². The summed E-state index contributed by atoms with van der Waals surface area (Å²) in [5.74, 6) is 0. The number of fused-ring (bicyclic) bond motifs is 1. The molecule has 6 nitrogen and oxygen atoms in total. The second kappa shape index (κ2) is 9.65. The van der Waals surface area contributed by atoms with Crippen molar-refractivity contribution in [1.82, 2.24) is 18.6 Å². The highest BCUT2D eigenvalue weighted by Crippen LogP contribution is 2.28. The Balaban J connectivity index is 1.64. The van der Waals surface area contributed by atoms with Crippen molar-refractivity contribution in [1.29, 1.82) is 0 Å². The molecule has 0 radical (unpaired) electrons. The zero-order valence-corrected chi connectivity index (χ0v) is 19.2. The van der Waals surface area contributed by atoms with Gasteiger partial charge in [-0.2, -0.15) is 12.7 Å². The van der Waals surface area contributed by atoms with E-state index in [2.05, 4.69) is 62.9 Å². The van der Waals surface area contributed by atoms with E-state index >= 15 is 0 Å². The maximum absolute atomic E-state index is 12.1. The molecule has 0 saturated heterocycles. The Morgan fingerprint density at radius 3 is 2.41 bits per heavy atom. The van der Waals surface area contributed by atoms with Crippen molar-refractivity contribution < 1.29 is 8.42 Å². The third-order valence-corrected chi connectivity index (χ3v) is 7.15. The van der Waals surface area contributed by atoms with E-state index in [1.54, 1.807) is 12.4 Å². The van der Waals surface area contributed by atoms with Crippen LogP contribution in [0.4, 0.5) is 0 Å². The highest BCUT2D eigenvalue weighted by molar-refractivity contribution is 7.87. The molecule has 32 heavy (non-hydrogen) atoms. The van der Waals surface area contributed by atoms with Crippen molar-refractivity contribution in [2.75, 3.05) is 20.6 Å². The molecule has 0 amide bonds. The zero-order chi connectivity index (χ0) is 22.6. The van der Waals surface area contributed by atoms with Gasteiger partial charge in [-0.05, 0) is 53.3 Å². The van der Waals surface area contributed by atoms with E-state index in [1.807, 2.05) is 18.2 Å². The van der Waals surface area contributed by atoms with Crippen molar-refractivity contribution in [2.45, 2.75) is 19.4 Å². The van der Waals surface area contributed by atoms with Gasteiger partial charge in [0.2, 0.25) is 0 Å². The molecule has 0 atom stereocenters. The molecule has 4 aromatic rings. The molecular weight excluding hydrogens is 420 g/mol. The highest BCUT2D eigenvalue weighted by atomic mass is 32.2. The largest absolute Gasteiger partial charge is 0.347 e. The second-order valence-corrected chi connectivity index (χ2v) is 9.95. The molecule has 2 heterocycles. The van der Waals surface area contributed by atoms with E-state index in [-0.39, 0.29) is 0 Å². The summed E-state index contributed by atoms with van der Waals surface area (Å²) >= 11 is 0. The van der Waals surface area contributed by atoms with Crippen LogP contribution >= 0.6 is 0 Å². The molecule has 7 heteroatoms. The molecule has 0 fully saturated rings. The number of aromatic nitrogens is 2. The van der Waals surface area contributed by atoms with Gasteiger partial charge >= 0.3 is 0 Å². The Hall–Kier alpha value is -3.00. The van der Waals surface area contributed by atoms with E-state index in [0.717, 1.165) is 40.6 Å². The molecule has 0 aliphatic heterocycles. The van der Waals surface area contributed by atoms with Gasteiger partial charge in [-0.3, -0.25) is 4.98 Å². The molecule has 166 valence electrons. The Bertz CT molecular complexity index is 1280. The minimum Gasteiger partial charge on any atom is -0.347 e. The molecule has 0 aliphatic rings. The molecule has 0 saturated carbocycles. The predicted octanol–water partition coefficient (Wildman–Crippen LogP) is 3.88. The van der Waals surface area contributed by atoms with Crippen LogP contribution in [-0.2, 0) is 29.6 Å². The van der Waals surface area contributed by atoms with E-state index < -0.39 is 10.2 Å². The van der Waals surface area contributed by atoms with Gasteiger partial charge in [-0.15, -0.1) is 0 Å². The van der Waals surface area contributed by atoms with E-state index in [0.29, 0.717) is 13.0 Å². The van der Waals surface area contributed by atoms with Crippen LogP contribution in [0.1, 0.15) is 11.1 Å². The first-order valence-electron chi connectivity index (χ1n) is 10.7. The fraction of sp³-hybridized carbons (Fsp3) is 0.240. The molecule has 1 N–H and O–H groups in total. The van der Waals surface area contributed by atoms with Crippen LogP contribution in [0.15, 0.2) is 79.3 Å². The summed E-state index contributed by atoms with van der Waals surface area (Å²) in [6.45, 7) is 1.20. The Labute approximate surface area is 189 Å². The fourth-order valence-corrected chi connectivity index (χ4v) is 4.43. The first kappa shape index (κ1) is 22.2. The molecule has 2 aromatic carbocycles. The smallest absolute Gasteiger partial charge is 0.278 e. The first-order chi connectivity index (χ1) is 15.4. The lowest BCUT2D eigenvalue weighted by Gasteiger charge is -2.11. The third kappa shape index (κ3) is 5.07. The van der Waals surface area contributed by atoms with Crippen molar-refractivity contribution in [2.24, 2.45) is 0 Å². The van der Waals surface area contributed by atoms with Crippen LogP contribution in [0, 0.1) is 0 Å². The molecule has 2 aromatic heterocycles. The molecule has 4 rings (SSSR count). The maximum Gasteiger partial charge on any atom is 0.278 e. The summed E-state index contributed by atoms with van der Waals surface area (Å²) in [6, 6.07) is 20.9. The first-order valence-corrected chi connectivity index (χ1v) is 12.1. The van der Waals surface area contributed by atoms with Gasteiger partial charge in [0.1, 0.15) is 0 Å². The minimum absolute atomic E-state index is 0.352. The van der Waals surface area contributed by atoms with Crippen molar-refractivity contribution in [3.63, 3.8) is 0 Å². The van der Waals surface area contributed by atoms with Crippen LogP contribution in [0.3, 0.4) is 0 Å². The number of nitrogens with one attached hydrogen (secondary N) is 1. The van der Waals surface area contributed by atoms with Gasteiger partial charge in [-0.1, -0.05) is 42.5 Å². The summed E-state index contributed by atoms with van der Waals surface area (Å²) in [4.78, 5) is 4.12. The average Bonchev–Trinajstić information content (AvgIpc) is 3.15. The number of hydrogen-bond acceptors (Lipinski definition) is 3. The maximum atomic E-state index is 12.1. The summed E-state index contributed by atoms with van der Waals surface area (Å²) < 4.78 is 30.2. The molecular formula is C25H28N4O2S. The van der Waals surface area contributed by atoms with E-state index in [1.165, 1.54) is 24.0 Å². The molecule has 0 bridgehead atoms. The zero-order valence-electron chi connectivity index (χ0n) is 18.4. The van der Waals surface area contributed by atoms with Gasteiger partial charge in [-0.25, -0.2) is 4.72 Å².